The van der Waals surface area contributed by atoms with E-state index in [1.807, 2.05) is 12.3 Å². The van der Waals surface area contributed by atoms with Crippen LogP contribution in [0.3, 0.4) is 0 Å². The molecule has 5 N–H and O–H groups in total. The van der Waals surface area contributed by atoms with Crippen LogP contribution in [0.25, 0.3) is 10.9 Å². The van der Waals surface area contributed by atoms with Crippen molar-refractivity contribution >= 4 is 22.4 Å². The molecule has 1 aromatic heterocycles. The molecule has 152 valence electrons. The van der Waals surface area contributed by atoms with Gasteiger partial charge < -0.3 is 20.5 Å². The lowest BCUT2D eigenvalue weighted by Crippen LogP contribution is -2.57. The number of amidine groups is 1. The van der Waals surface area contributed by atoms with Gasteiger partial charge in [-0.25, -0.2) is 4.99 Å². The minimum Gasteiger partial charge on any atom is -0.359 e. The van der Waals surface area contributed by atoms with Gasteiger partial charge in [0.05, 0.1) is 0 Å². The van der Waals surface area contributed by atoms with Crippen molar-refractivity contribution in [3.63, 3.8) is 0 Å². The molecule has 0 spiro atoms. The fourth-order valence-electron chi connectivity index (χ4n) is 3.73. The van der Waals surface area contributed by atoms with Crippen LogP contribution in [-0.2, 0) is 0 Å². The van der Waals surface area contributed by atoms with E-state index in [0.717, 1.165) is 55.2 Å². The van der Waals surface area contributed by atoms with Crippen LogP contribution < -0.4 is 16.4 Å². The number of nitrogens with one attached hydrogen (secondary N) is 3. The highest BCUT2D eigenvalue weighted by molar-refractivity contribution is 6.05. The number of aromatic amines is 1. The van der Waals surface area contributed by atoms with Crippen LogP contribution in [-0.4, -0.2) is 41.1 Å². The van der Waals surface area contributed by atoms with Crippen molar-refractivity contribution in [2.45, 2.75) is 46.3 Å². The quantitative estimate of drug-likeness (QED) is 0.560. The van der Waals surface area contributed by atoms with Gasteiger partial charge in [0.25, 0.3) is 0 Å². The maximum Gasteiger partial charge on any atom is 0.186 e. The normalized spacial score (nSPS) is 20.3. The van der Waals surface area contributed by atoms with E-state index in [4.69, 9.17) is 10.7 Å². The fourth-order valence-corrected chi connectivity index (χ4v) is 3.73. The summed E-state index contributed by atoms with van der Waals surface area (Å²) in [5.74, 6) is 0.220. The molecule has 28 heavy (non-hydrogen) atoms. The monoisotopic (exact) mass is 382 g/mol. The third-order valence-electron chi connectivity index (χ3n) is 5.65. The highest BCUT2D eigenvalue weighted by Crippen LogP contribution is 2.23. The zero-order valence-corrected chi connectivity index (χ0v) is 17.5. The molecule has 0 radical (unpaired) electrons. The second kappa shape index (κ2) is 8.80. The molecule has 2 atom stereocenters. The maximum atomic E-state index is 6.61. The molecule has 0 aliphatic carbocycles. The summed E-state index contributed by atoms with van der Waals surface area (Å²) in [7, 11) is 0. The average Bonchev–Trinajstić information content (AvgIpc) is 3.04. The molecule has 2 unspecified atom stereocenters. The van der Waals surface area contributed by atoms with Crippen LogP contribution in [0.15, 0.2) is 41.5 Å². The summed E-state index contributed by atoms with van der Waals surface area (Å²) in [5, 5.41) is 7.85. The Morgan fingerprint density at radius 1 is 1.25 bits per heavy atom. The van der Waals surface area contributed by atoms with Gasteiger partial charge in [0.15, 0.2) is 5.79 Å². The van der Waals surface area contributed by atoms with Crippen LogP contribution in [0.2, 0.25) is 0 Å². The minimum absolute atomic E-state index is 0.222. The van der Waals surface area contributed by atoms with Gasteiger partial charge in [0.1, 0.15) is 5.84 Å². The molecular formula is C22H34N6. The number of nitrogens with two attached hydrogens (primary N) is 1. The molecule has 6 heteroatoms. The first-order chi connectivity index (χ1) is 13.4. The van der Waals surface area contributed by atoms with Gasteiger partial charge in [-0.1, -0.05) is 20.8 Å². The molecular weight excluding hydrogens is 348 g/mol. The Bertz CT molecular complexity index is 848. The smallest absolute Gasteiger partial charge is 0.186 e. The van der Waals surface area contributed by atoms with Crippen LogP contribution >= 0.6 is 0 Å². The SMILES string of the molecule is CCN(CC)CCCC(C)C1(N)N=C(Nc2ccc3[nH]c(C)cc3c2)C=CN1. The Labute approximate surface area is 168 Å². The van der Waals surface area contributed by atoms with Crippen molar-refractivity contribution in [2.75, 3.05) is 25.0 Å². The lowest BCUT2D eigenvalue weighted by Gasteiger charge is -2.35. The predicted molar refractivity (Wildman–Crippen MR) is 119 cm³/mol. The predicted octanol–water partition coefficient (Wildman–Crippen LogP) is 3.77. The van der Waals surface area contributed by atoms with Crippen LogP contribution in [0.5, 0.6) is 0 Å². The lowest BCUT2D eigenvalue weighted by atomic mass is 9.97. The summed E-state index contributed by atoms with van der Waals surface area (Å²) in [5.41, 5.74) is 9.92. The van der Waals surface area contributed by atoms with E-state index < -0.39 is 5.79 Å². The summed E-state index contributed by atoms with van der Waals surface area (Å²) in [6.45, 7) is 11.9. The number of aromatic nitrogens is 1. The van der Waals surface area contributed by atoms with Gasteiger partial charge in [-0.3, -0.25) is 5.73 Å². The maximum absolute atomic E-state index is 6.61. The van der Waals surface area contributed by atoms with Gasteiger partial charge in [0.2, 0.25) is 0 Å². The summed E-state index contributed by atoms with van der Waals surface area (Å²) >= 11 is 0. The number of hydrogen-bond donors (Lipinski definition) is 4. The summed E-state index contributed by atoms with van der Waals surface area (Å²) in [6, 6.07) is 8.42. The second-order valence-electron chi connectivity index (χ2n) is 7.75. The van der Waals surface area contributed by atoms with E-state index >= 15 is 0 Å². The molecule has 0 bridgehead atoms. The minimum atomic E-state index is -0.783. The largest absolute Gasteiger partial charge is 0.359 e. The molecule has 0 amide bonds. The van der Waals surface area contributed by atoms with Crippen LogP contribution in [0.1, 0.15) is 39.3 Å². The summed E-state index contributed by atoms with van der Waals surface area (Å²) in [6.07, 6.45) is 5.98. The molecule has 0 saturated heterocycles. The summed E-state index contributed by atoms with van der Waals surface area (Å²) in [4.78, 5) is 10.6. The van der Waals surface area contributed by atoms with E-state index in [1.54, 1.807) is 0 Å². The lowest BCUT2D eigenvalue weighted by molar-refractivity contribution is 0.227. The topological polar surface area (TPSA) is 81.5 Å². The number of rotatable bonds is 8. The molecule has 6 nitrogen and oxygen atoms in total. The second-order valence-corrected chi connectivity index (χ2v) is 7.75. The van der Waals surface area contributed by atoms with Crippen molar-refractivity contribution in [3.8, 4) is 0 Å². The highest BCUT2D eigenvalue weighted by Gasteiger charge is 2.32. The van der Waals surface area contributed by atoms with E-state index in [-0.39, 0.29) is 5.92 Å². The number of aliphatic imine (C=N–C) groups is 1. The van der Waals surface area contributed by atoms with Crippen molar-refractivity contribution in [2.24, 2.45) is 16.6 Å². The van der Waals surface area contributed by atoms with Gasteiger partial charge in [0, 0.05) is 34.4 Å². The van der Waals surface area contributed by atoms with Crippen molar-refractivity contribution < 1.29 is 0 Å². The van der Waals surface area contributed by atoms with Crippen molar-refractivity contribution in [1.29, 1.82) is 0 Å². The van der Waals surface area contributed by atoms with Crippen molar-refractivity contribution in [1.82, 2.24) is 15.2 Å². The van der Waals surface area contributed by atoms with E-state index in [0.29, 0.717) is 0 Å². The third kappa shape index (κ3) is 4.75. The van der Waals surface area contributed by atoms with Crippen LogP contribution in [0, 0.1) is 12.8 Å². The number of nitrogens with zero attached hydrogens (tertiary/aromatic N) is 2. The number of anilines is 1. The fraction of sp³-hybridized carbons (Fsp3) is 0.500. The molecule has 1 aliphatic heterocycles. The van der Waals surface area contributed by atoms with Crippen LogP contribution in [0.4, 0.5) is 5.69 Å². The molecule has 2 aromatic rings. The molecule has 1 aliphatic rings. The summed E-state index contributed by atoms with van der Waals surface area (Å²) < 4.78 is 0. The Hall–Kier alpha value is -2.31. The zero-order chi connectivity index (χ0) is 20.1. The van der Waals surface area contributed by atoms with Gasteiger partial charge in [-0.05, 0) is 69.7 Å². The first-order valence-corrected chi connectivity index (χ1v) is 10.3. The Morgan fingerprint density at radius 3 is 2.79 bits per heavy atom. The molecule has 1 aromatic carbocycles. The van der Waals surface area contributed by atoms with Gasteiger partial charge in [-0.15, -0.1) is 0 Å². The number of hydrogen-bond acceptors (Lipinski definition) is 5. The Balaban J connectivity index is 1.65. The third-order valence-corrected chi connectivity index (χ3v) is 5.65. The number of benzene rings is 1. The van der Waals surface area contributed by atoms with Gasteiger partial charge >= 0.3 is 0 Å². The molecule has 3 rings (SSSR count). The number of fused-ring (bicyclic) bond motifs is 1. The zero-order valence-electron chi connectivity index (χ0n) is 17.5. The average molecular weight is 383 g/mol. The molecule has 0 fully saturated rings. The molecule has 0 saturated carbocycles. The first kappa shape index (κ1) is 20.4. The molecule has 2 heterocycles. The van der Waals surface area contributed by atoms with Gasteiger partial charge in [-0.2, -0.15) is 0 Å². The number of H-pyrrole nitrogens is 1. The number of aryl methyl sites for hydroxylation is 1. The van der Waals surface area contributed by atoms with E-state index in [9.17, 15) is 0 Å². The van der Waals surface area contributed by atoms with E-state index in [2.05, 4.69) is 72.5 Å². The Morgan fingerprint density at radius 2 is 2.04 bits per heavy atom. The van der Waals surface area contributed by atoms with E-state index in [1.165, 1.54) is 5.39 Å². The Kier molecular flexibility index (Phi) is 6.42. The van der Waals surface area contributed by atoms with Crippen molar-refractivity contribution in [3.05, 3.63) is 42.2 Å². The standard InChI is InChI=1S/C22H34N6/c1-5-28(6-2)13-7-8-16(3)22(23)24-12-11-21(27-22)26-19-9-10-20-18(15-19)14-17(4)25-20/h9-12,14-16,24-25H,5-8,13,23H2,1-4H3,(H,26,27). The highest BCUT2D eigenvalue weighted by atomic mass is 15.3. The first-order valence-electron chi connectivity index (χ1n) is 10.3.